The monoisotopic (exact) mass is 499 g/mol. The number of Topliss-reactive ketones (excluding diaryl/α,β-unsaturated/α-hetero) is 1. The lowest BCUT2D eigenvalue weighted by atomic mass is 10.1. The van der Waals surface area contributed by atoms with E-state index in [1.165, 1.54) is 7.05 Å². The summed E-state index contributed by atoms with van der Waals surface area (Å²) in [6, 6.07) is 18.5. The second-order valence-corrected chi connectivity index (χ2v) is 8.85. The van der Waals surface area contributed by atoms with Crippen LogP contribution in [0.5, 0.6) is 0 Å². The molecule has 0 saturated heterocycles. The lowest BCUT2D eigenvalue weighted by Gasteiger charge is -2.14. The number of nitrogen functional groups attached to an aromatic ring is 1. The van der Waals surface area contributed by atoms with Crippen LogP contribution in [0.3, 0.4) is 0 Å². The first-order valence-electron chi connectivity index (χ1n) is 11.9. The van der Waals surface area contributed by atoms with Crippen LogP contribution in [-0.2, 0) is 31.2 Å². The fraction of sp³-hybridized carbons (Fsp3) is 0.222. The Morgan fingerprint density at radius 2 is 1.68 bits per heavy atom. The van der Waals surface area contributed by atoms with E-state index in [1.807, 2.05) is 36.4 Å². The van der Waals surface area contributed by atoms with Crippen LogP contribution in [0.4, 0.5) is 5.82 Å². The van der Waals surface area contributed by atoms with E-state index in [1.54, 1.807) is 28.9 Å². The van der Waals surface area contributed by atoms with Gasteiger partial charge in [0.25, 0.3) is 5.56 Å². The largest absolute Gasteiger partial charge is 0.452 e. The number of ether oxygens (including phenoxy) is 1. The van der Waals surface area contributed by atoms with E-state index in [2.05, 4.69) is 5.10 Å². The molecule has 5 rings (SSSR count). The number of ketones is 1. The highest BCUT2D eigenvalue weighted by Gasteiger charge is 2.29. The number of aromatic nitrogens is 4. The first kappa shape index (κ1) is 24.0. The Morgan fingerprint density at radius 1 is 1.00 bits per heavy atom. The Labute approximate surface area is 211 Å². The molecule has 2 aromatic carbocycles. The van der Waals surface area contributed by atoms with Gasteiger partial charge in [0, 0.05) is 18.3 Å². The number of nitrogens with zero attached hydrogens (tertiary/aromatic N) is 4. The summed E-state index contributed by atoms with van der Waals surface area (Å²) in [5, 5.41) is 4.47. The molecule has 0 saturated carbocycles. The SMILES string of the molecule is Cn1c(=O)c(C(=O)COC(=O)c2nn(-c3ccccc3)c3c2CCC3)c(N)n(Cc2ccccc2)c1=O. The van der Waals surface area contributed by atoms with Crippen LogP contribution in [0.15, 0.2) is 70.3 Å². The molecule has 0 amide bonds. The highest BCUT2D eigenvalue weighted by Crippen LogP contribution is 2.28. The number of carbonyl (C=O) groups is 2. The molecule has 0 radical (unpaired) electrons. The minimum Gasteiger partial charge on any atom is -0.452 e. The predicted octanol–water partition coefficient (Wildman–Crippen LogP) is 1.89. The number of para-hydroxylation sites is 1. The highest BCUT2D eigenvalue weighted by atomic mass is 16.5. The smallest absolute Gasteiger partial charge is 0.359 e. The van der Waals surface area contributed by atoms with E-state index in [0.29, 0.717) is 6.42 Å². The Bertz CT molecular complexity index is 1620. The van der Waals surface area contributed by atoms with Crippen molar-refractivity contribution in [3.05, 3.63) is 110 Å². The van der Waals surface area contributed by atoms with Gasteiger partial charge in [0.05, 0.1) is 12.2 Å². The maximum atomic E-state index is 13.0. The van der Waals surface area contributed by atoms with Crippen LogP contribution in [0.2, 0.25) is 0 Å². The van der Waals surface area contributed by atoms with E-state index in [4.69, 9.17) is 10.5 Å². The van der Waals surface area contributed by atoms with Crippen LogP contribution >= 0.6 is 0 Å². The number of hydrogen-bond acceptors (Lipinski definition) is 7. The summed E-state index contributed by atoms with van der Waals surface area (Å²) in [6.07, 6.45) is 2.34. The van der Waals surface area contributed by atoms with E-state index in [0.717, 1.165) is 44.5 Å². The van der Waals surface area contributed by atoms with Crippen molar-refractivity contribution in [2.45, 2.75) is 25.8 Å². The van der Waals surface area contributed by atoms with Crippen molar-refractivity contribution < 1.29 is 14.3 Å². The van der Waals surface area contributed by atoms with Gasteiger partial charge in [-0.25, -0.2) is 14.3 Å². The van der Waals surface area contributed by atoms with Crippen LogP contribution < -0.4 is 17.0 Å². The fourth-order valence-corrected chi connectivity index (χ4v) is 4.62. The van der Waals surface area contributed by atoms with Gasteiger partial charge >= 0.3 is 11.7 Å². The Kier molecular flexibility index (Phi) is 6.31. The van der Waals surface area contributed by atoms with Crippen molar-refractivity contribution in [2.75, 3.05) is 12.3 Å². The number of anilines is 1. The standard InChI is InChI=1S/C27H25N5O5/c1-30-25(34)22(24(28)31(27(30)36)15-17-9-4-2-5-10-17)21(33)16-37-26(35)23-19-13-8-14-20(19)32(29-23)18-11-6-3-7-12-18/h2-7,9-12H,8,13-16,28H2,1H3. The number of fused-ring (bicyclic) bond motifs is 1. The zero-order valence-electron chi connectivity index (χ0n) is 20.2. The Balaban J connectivity index is 1.40. The summed E-state index contributed by atoms with van der Waals surface area (Å²) in [5.74, 6) is -1.83. The van der Waals surface area contributed by atoms with Gasteiger partial charge in [0.1, 0.15) is 11.4 Å². The molecule has 4 aromatic rings. The van der Waals surface area contributed by atoms with Crippen molar-refractivity contribution in [3.63, 3.8) is 0 Å². The molecule has 0 atom stereocenters. The van der Waals surface area contributed by atoms with E-state index in [9.17, 15) is 19.2 Å². The minimum atomic E-state index is -0.845. The van der Waals surface area contributed by atoms with Crippen molar-refractivity contribution in [2.24, 2.45) is 7.05 Å². The maximum absolute atomic E-state index is 13.0. The Morgan fingerprint density at radius 3 is 2.38 bits per heavy atom. The summed E-state index contributed by atoms with van der Waals surface area (Å²) in [5.41, 5.74) is 7.73. The molecular formula is C27H25N5O5. The topological polar surface area (TPSA) is 131 Å². The molecule has 0 bridgehead atoms. The van der Waals surface area contributed by atoms with E-state index >= 15 is 0 Å². The highest BCUT2D eigenvalue weighted by molar-refractivity contribution is 6.02. The van der Waals surface area contributed by atoms with Gasteiger partial charge in [-0.05, 0) is 37.0 Å². The van der Waals surface area contributed by atoms with Gasteiger partial charge in [0.2, 0.25) is 5.78 Å². The molecule has 0 aliphatic heterocycles. The summed E-state index contributed by atoms with van der Waals surface area (Å²) in [7, 11) is 1.27. The lowest BCUT2D eigenvalue weighted by molar-refractivity contribution is 0.0467. The summed E-state index contributed by atoms with van der Waals surface area (Å²) in [6.45, 7) is -0.641. The average Bonchev–Trinajstić information content (AvgIpc) is 3.53. The number of nitrogens with two attached hydrogens (primary N) is 1. The molecule has 2 heterocycles. The molecular weight excluding hydrogens is 474 g/mol. The normalized spacial score (nSPS) is 12.4. The summed E-state index contributed by atoms with van der Waals surface area (Å²) in [4.78, 5) is 51.5. The average molecular weight is 500 g/mol. The molecule has 2 aromatic heterocycles. The van der Waals surface area contributed by atoms with Crippen LogP contribution in [-0.4, -0.2) is 37.3 Å². The second-order valence-electron chi connectivity index (χ2n) is 8.85. The van der Waals surface area contributed by atoms with E-state index < -0.39 is 35.2 Å². The van der Waals surface area contributed by atoms with Crippen molar-refractivity contribution in [1.29, 1.82) is 0 Å². The van der Waals surface area contributed by atoms with E-state index in [-0.39, 0.29) is 18.1 Å². The number of hydrogen-bond donors (Lipinski definition) is 1. The third kappa shape index (κ3) is 4.37. The molecule has 0 spiro atoms. The molecule has 0 unspecified atom stereocenters. The summed E-state index contributed by atoms with van der Waals surface area (Å²) < 4.78 is 9.01. The lowest BCUT2D eigenvalue weighted by Crippen LogP contribution is -2.43. The first-order chi connectivity index (χ1) is 17.9. The van der Waals surface area contributed by atoms with Crippen molar-refractivity contribution >= 4 is 17.6 Å². The van der Waals surface area contributed by atoms with Crippen LogP contribution in [0, 0.1) is 0 Å². The number of carbonyl (C=O) groups excluding carboxylic acids is 2. The second kappa shape index (κ2) is 9.73. The summed E-state index contributed by atoms with van der Waals surface area (Å²) >= 11 is 0. The third-order valence-electron chi connectivity index (χ3n) is 6.50. The third-order valence-corrected chi connectivity index (χ3v) is 6.50. The molecule has 188 valence electrons. The predicted molar refractivity (Wildman–Crippen MR) is 136 cm³/mol. The molecule has 37 heavy (non-hydrogen) atoms. The number of rotatable bonds is 7. The molecule has 2 N–H and O–H groups in total. The van der Waals surface area contributed by atoms with Crippen molar-refractivity contribution in [3.8, 4) is 5.69 Å². The molecule has 0 fully saturated rings. The van der Waals surface area contributed by atoms with Gasteiger partial charge in [-0.2, -0.15) is 5.10 Å². The molecule has 10 heteroatoms. The number of esters is 1. The zero-order valence-corrected chi connectivity index (χ0v) is 20.2. The number of benzene rings is 2. The molecule has 1 aliphatic carbocycles. The van der Waals surface area contributed by atoms with Crippen LogP contribution in [0.25, 0.3) is 5.69 Å². The fourth-order valence-electron chi connectivity index (χ4n) is 4.62. The van der Waals surface area contributed by atoms with Gasteiger partial charge in [-0.1, -0.05) is 48.5 Å². The molecule has 1 aliphatic rings. The quantitative estimate of drug-likeness (QED) is 0.303. The maximum Gasteiger partial charge on any atom is 0.359 e. The minimum absolute atomic E-state index is 0.0722. The van der Waals surface area contributed by atoms with Gasteiger partial charge in [-0.3, -0.25) is 18.7 Å². The van der Waals surface area contributed by atoms with Gasteiger partial charge in [-0.15, -0.1) is 0 Å². The molecule has 10 nitrogen and oxygen atoms in total. The van der Waals surface area contributed by atoms with Gasteiger partial charge < -0.3 is 10.5 Å². The van der Waals surface area contributed by atoms with Crippen LogP contribution in [0.1, 0.15) is 44.1 Å². The van der Waals surface area contributed by atoms with Gasteiger partial charge in [0.15, 0.2) is 12.3 Å². The van der Waals surface area contributed by atoms with Crippen molar-refractivity contribution in [1.82, 2.24) is 18.9 Å². The Hall–Kier alpha value is -4.73. The first-order valence-corrected chi connectivity index (χ1v) is 11.9. The zero-order chi connectivity index (χ0) is 26.1.